The molecule has 0 saturated heterocycles. The third-order valence-electron chi connectivity index (χ3n) is 4.45. The number of anilines is 1. The maximum Gasteiger partial charge on any atom is 0.262 e. The highest BCUT2D eigenvalue weighted by atomic mass is 32.1. The Morgan fingerprint density at radius 3 is 2.61 bits per heavy atom. The molecule has 0 fully saturated rings. The van der Waals surface area contributed by atoms with Crippen molar-refractivity contribution in [3.8, 4) is 11.5 Å². The number of H-pyrrole nitrogens is 1. The maximum atomic E-state index is 12.3. The number of ether oxygens (including phenoxy) is 2. The van der Waals surface area contributed by atoms with Crippen LogP contribution in [0.15, 0.2) is 48.5 Å². The molecule has 2 aromatic carbocycles. The van der Waals surface area contributed by atoms with Gasteiger partial charge in [-0.2, -0.15) is 5.10 Å². The normalized spacial score (nSPS) is 10.4. The van der Waals surface area contributed by atoms with Gasteiger partial charge in [-0.15, -0.1) is 0 Å². The van der Waals surface area contributed by atoms with Crippen molar-refractivity contribution in [1.29, 1.82) is 0 Å². The summed E-state index contributed by atoms with van der Waals surface area (Å²) in [6, 6.07) is 13.6. The van der Waals surface area contributed by atoms with E-state index in [0.717, 1.165) is 5.82 Å². The minimum Gasteiger partial charge on any atom is -0.497 e. The Bertz CT molecular complexity index is 1110. The highest BCUT2D eigenvalue weighted by Gasteiger charge is 2.09. The number of amides is 2. The van der Waals surface area contributed by atoms with Gasteiger partial charge in [-0.3, -0.25) is 14.7 Å². The molecule has 10 heteroatoms. The van der Waals surface area contributed by atoms with Crippen molar-refractivity contribution in [2.45, 2.75) is 6.42 Å². The molecule has 9 nitrogen and oxygen atoms in total. The second-order valence-corrected chi connectivity index (χ2v) is 6.99. The molecule has 0 saturated carbocycles. The van der Waals surface area contributed by atoms with Gasteiger partial charge in [0.25, 0.3) is 11.8 Å². The molecule has 0 spiro atoms. The number of hydrogen-bond acceptors (Lipinski definition) is 6. The van der Waals surface area contributed by atoms with Gasteiger partial charge in [0.15, 0.2) is 11.4 Å². The molecule has 0 aliphatic carbocycles. The molecule has 3 rings (SSSR count). The third-order valence-corrected chi connectivity index (χ3v) is 4.81. The molecule has 0 aliphatic rings. The maximum absolute atomic E-state index is 12.3. The molecule has 2 amide bonds. The Morgan fingerprint density at radius 1 is 1.16 bits per heavy atom. The molecular formula is C21H23N5O4S. The van der Waals surface area contributed by atoms with Gasteiger partial charge >= 0.3 is 0 Å². The molecule has 1 aromatic heterocycles. The van der Waals surface area contributed by atoms with Crippen LogP contribution in [-0.2, 0) is 18.3 Å². The first-order chi connectivity index (χ1) is 15.0. The van der Waals surface area contributed by atoms with Crippen LogP contribution in [0.1, 0.15) is 16.2 Å². The first-order valence-electron chi connectivity index (χ1n) is 9.51. The number of aromatic nitrogens is 3. The SMILES string of the molecule is COc1cccc(NC(=O)COc2ccc(C(=O)NCCc3n[nH]c(=S)n3C)cc2)c1. The quantitative estimate of drug-likeness (QED) is 0.440. The van der Waals surface area contributed by atoms with Gasteiger partial charge in [0, 0.05) is 37.3 Å². The van der Waals surface area contributed by atoms with Crippen LogP contribution in [0.3, 0.4) is 0 Å². The number of methoxy groups -OCH3 is 1. The highest BCUT2D eigenvalue weighted by Crippen LogP contribution is 2.17. The van der Waals surface area contributed by atoms with Crippen LogP contribution in [0, 0.1) is 4.77 Å². The zero-order valence-electron chi connectivity index (χ0n) is 17.2. The predicted molar refractivity (Wildman–Crippen MR) is 118 cm³/mol. The van der Waals surface area contributed by atoms with Gasteiger partial charge < -0.3 is 24.7 Å². The Labute approximate surface area is 184 Å². The van der Waals surface area contributed by atoms with E-state index in [9.17, 15) is 9.59 Å². The second kappa shape index (κ2) is 10.4. The number of aromatic amines is 1. The summed E-state index contributed by atoms with van der Waals surface area (Å²) >= 11 is 5.06. The average molecular weight is 442 g/mol. The second-order valence-electron chi connectivity index (χ2n) is 6.60. The van der Waals surface area contributed by atoms with Gasteiger partial charge in [-0.1, -0.05) is 6.07 Å². The summed E-state index contributed by atoms with van der Waals surface area (Å²) in [6.07, 6.45) is 0.555. The lowest BCUT2D eigenvalue weighted by Crippen LogP contribution is -2.26. The lowest BCUT2D eigenvalue weighted by atomic mass is 10.2. The predicted octanol–water partition coefficient (Wildman–Crippen LogP) is 2.48. The number of carbonyl (C=O) groups is 2. The number of nitrogens with one attached hydrogen (secondary N) is 3. The summed E-state index contributed by atoms with van der Waals surface area (Å²) in [7, 11) is 3.38. The van der Waals surface area contributed by atoms with Gasteiger partial charge in [-0.05, 0) is 48.6 Å². The van der Waals surface area contributed by atoms with Crippen LogP contribution < -0.4 is 20.1 Å². The minimum atomic E-state index is -0.302. The smallest absolute Gasteiger partial charge is 0.262 e. The molecule has 1 heterocycles. The topological polar surface area (TPSA) is 110 Å². The lowest BCUT2D eigenvalue weighted by molar-refractivity contribution is -0.118. The van der Waals surface area contributed by atoms with E-state index in [-0.39, 0.29) is 18.4 Å². The number of carbonyl (C=O) groups excluding carboxylic acids is 2. The van der Waals surface area contributed by atoms with Crippen LogP contribution in [0.25, 0.3) is 0 Å². The summed E-state index contributed by atoms with van der Waals surface area (Å²) in [4.78, 5) is 24.3. The Balaban J connectivity index is 1.44. The van der Waals surface area contributed by atoms with Crippen LogP contribution in [-0.4, -0.2) is 46.8 Å². The molecule has 3 aromatic rings. The van der Waals surface area contributed by atoms with E-state index >= 15 is 0 Å². The summed E-state index contributed by atoms with van der Waals surface area (Å²) in [5.41, 5.74) is 1.11. The molecule has 31 heavy (non-hydrogen) atoms. The van der Waals surface area contributed by atoms with Gasteiger partial charge in [0.2, 0.25) is 0 Å². The van der Waals surface area contributed by atoms with Gasteiger partial charge in [-0.25, -0.2) is 0 Å². The molecule has 3 N–H and O–H groups in total. The monoisotopic (exact) mass is 441 g/mol. The number of hydrogen-bond donors (Lipinski definition) is 3. The third kappa shape index (κ3) is 6.16. The fourth-order valence-electron chi connectivity index (χ4n) is 2.74. The van der Waals surface area contributed by atoms with Crippen molar-refractivity contribution in [2.24, 2.45) is 7.05 Å². The van der Waals surface area contributed by atoms with E-state index in [4.69, 9.17) is 21.7 Å². The highest BCUT2D eigenvalue weighted by molar-refractivity contribution is 7.71. The first kappa shape index (κ1) is 22.0. The van der Waals surface area contributed by atoms with E-state index in [2.05, 4.69) is 20.8 Å². The first-order valence-corrected chi connectivity index (χ1v) is 9.92. The molecule has 0 bridgehead atoms. The van der Waals surface area contributed by atoms with Crippen molar-refractivity contribution >= 4 is 29.7 Å². The fraction of sp³-hybridized carbons (Fsp3) is 0.238. The number of rotatable bonds is 9. The van der Waals surface area contributed by atoms with E-state index in [0.29, 0.717) is 40.5 Å². The fourth-order valence-corrected chi connectivity index (χ4v) is 2.89. The van der Waals surface area contributed by atoms with Gasteiger partial charge in [0.1, 0.15) is 17.3 Å². The largest absolute Gasteiger partial charge is 0.497 e. The minimum absolute atomic E-state index is 0.158. The summed E-state index contributed by atoms with van der Waals surface area (Å²) in [5.74, 6) is 1.39. The average Bonchev–Trinajstić information content (AvgIpc) is 3.10. The summed E-state index contributed by atoms with van der Waals surface area (Å²) in [5, 5.41) is 12.4. The Morgan fingerprint density at radius 2 is 1.94 bits per heavy atom. The standard InChI is InChI=1S/C21H23N5O4S/c1-26-18(24-25-21(26)31)10-11-22-20(28)14-6-8-16(9-7-14)30-13-19(27)23-15-4-3-5-17(12-15)29-2/h3-9,12H,10-11,13H2,1-2H3,(H,22,28)(H,23,27)(H,25,31). The lowest BCUT2D eigenvalue weighted by Gasteiger charge is -2.09. The zero-order valence-corrected chi connectivity index (χ0v) is 18.0. The van der Waals surface area contributed by atoms with Crippen LogP contribution >= 0.6 is 12.2 Å². The molecule has 0 aliphatic heterocycles. The Hall–Kier alpha value is -3.66. The molecular weight excluding hydrogens is 418 g/mol. The van der Waals surface area contributed by atoms with Crippen LogP contribution in [0.5, 0.6) is 11.5 Å². The van der Waals surface area contributed by atoms with E-state index in [1.165, 1.54) is 0 Å². The van der Waals surface area contributed by atoms with Crippen molar-refractivity contribution in [3.05, 3.63) is 64.7 Å². The molecule has 0 unspecified atom stereocenters. The molecule has 0 atom stereocenters. The van der Waals surface area contributed by atoms with E-state index < -0.39 is 0 Å². The van der Waals surface area contributed by atoms with E-state index in [1.54, 1.807) is 60.2 Å². The van der Waals surface area contributed by atoms with Crippen LogP contribution in [0.4, 0.5) is 5.69 Å². The van der Waals surface area contributed by atoms with Crippen LogP contribution in [0.2, 0.25) is 0 Å². The summed E-state index contributed by atoms with van der Waals surface area (Å²) < 4.78 is 12.9. The summed E-state index contributed by atoms with van der Waals surface area (Å²) in [6.45, 7) is 0.267. The van der Waals surface area contributed by atoms with Crippen molar-refractivity contribution in [1.82, 2.24) is 20.1 Å². The van der Waals surface area contributed by atoms with Gasteiger partial charge in [0.05, 0.1) is 7.11 Å². The Kier molecular flexibility index (Phi) is 7.39. The zero-order chi connectivity index (χ0) is 22.2. The number of benzene rings is 2. The van der Waals surface area contributed by atoms with Crippen molar-refractivity contribution in [2.75, 3.05) is 25.6 Å². The van der Waals surface area contributed by atoms with Crippen molar-refractivity contribution < 1.29 is 19.1 Å². The van der Waals surface area contributed by atoms with E-state index in [1.807, 2.05) is 7.05 Å². The molecule has 162 valence electrons. The molecule has 0 radical (unpaired) electrons. The van der Waals surface area contributed by atoms with Crippen molar-refractivity contribution in [3.63, 3.8) is 0 Å². The number of nitrogens with zero attached hydrogens (tertiary/aromatic N) is 2.